The number of carbonyl (C=O) groups is 1. The topological polar surface area (TPSA) is 49.8 Å². The summed E-state index contributed by atoms with van der Waals surface area (Å²) in [6.45, 7) is 6.08. The van der Waals surface area contributed by atoms with Crippen molar-refractivity contribution < 1.29 is 14.6 Å². The Hall–Kier alpha value is -1.39. The van der Waals surface area contributed by atoms with E-state index in [1.54, 1.807) is 0 Å². The van der Waals surface area contributed by atoms with E-state index in [9.17, 15) is 9.90 Å². The van der Waals surface area contributed by atoms with Crippen LogP contribution in [0, 0.1) is 12.3 Å². The average Bonchev–Trinajstić information content (AvgIpc) is 2.54. The third kappa shape index (κ3) is 2.55. The Balaban J connectivity index is 1.65. The molecule has 1 aliphatic heterocycles. The molecule has 1 saturated heterocycles. The van der Waals surface area contributed by atoms with E-state index in [1.165, 1.54) is 0 Å². The molecule has 4 nitrogen and oxygen atoms in total. The summed E-state index contributed by atoms with van der Waals surface area (Å²) in [5, 5.41) is 10.2. The second-order valence-electron chi connectivity index (χ2n) is 6.59. The lowest BCUT2D eigenvalue weighted by Crippen LogP contribution is -2.62. The molecule has 4 heteroatoms. The SMILES string of the molecule is CCO[C@@H]1C[C@@H](O)C12CCN(C(=O)c1cccc(C)c1)CC2. The first kappa shape index (κ1) is 15.5. The number of benzene rings is 1. The van der Waals surface area contributed by atoms with Gasteiger partial charge in [0.15, 0.2) is 0 Å². The van der Waals surface area contributed by atoms with Crippen LogP contribution in [0.1, 0.15) is 42.1 Å². The molecule has 120 valence electrons. The van der Waals surface area contributed by atoms with Crippen LogP contribution in [0.3, 0.4) is 0 Å². The van der Waals surface area contributed by atoms with Gasteiger partial charge in [0, 0.05) is 37.1 Å². The number of piperidine rings is 1. The van der Waals surface area contributed by atoms with Gasteiger partial charge >= 0.3 is 0 Å². The van der Waals surface area contributed by atoms with Crippen LogP contribution < -0.4 is 0 Å². The molecule has 1 N–H and O–H groups in total. The summed E-state index contributed by atoms with van der Waals surface area (Å²) in [5.74, 6) is 0.0975. The Morgan fingerprint density at radius 3 is 2.73 bits per heavy atom. The van der Waals surface area contributed by atoms with Crippen molar-refractivity contribution in [3.05, 3.63) is 35.4 Å². The highest BCUT2D eigenvalue weighted by Gasteiger charge is 2.56. The summed E-state index contributed by atoms with van der Waals surface area (Å²) in [5.41, 5.74) is 1.73. The van der Waals surface area contributed by atoms with Crippen LogP contribution >= 0.6 is 0 Å². The standard InChI is InChI=1S/C18H25NO3/c1-3-22-16-12-15(20)18(16)7-9-19(10-8-18)17(21)14-6-4-5-13(2)11-14/h4-6,11,15-16,20H,3,7-10,12H2,1-2H3/t15-,16-/m1/s1. The largest absolute Gasteiger partial charge is 0.392 e. The van der Waals surface area contributed by atoms with Crippen LogP contribution in [0.2, 0.25) is 0 Å². The summed E-state index contributed by atoms with van der Waals surface area (Å²) in [6.07, 6.45) is 2.27. The minimum atomic E-state index is -0.278. The molecule has 0 unspecified atom stereocenters. The Bertz CT molecular complexity index is 547. The predicted molar refractivity (Wildman–Crippen MR) is 84.8 cm³/mol. The minimum Gasteiger partial charge on any atom is -0.392 e. The highest BCUT2D eigenvalue weighted by Crippen LogP contribution is 2.51. The quantitative estimate of drug-likeness (QED) is 0.933. The van der Waals surface area contributed by atoms with Crippen molar-refractivity contribution in [2.75, 3.05) is 19.7 Å². The van der Waals surface area contributed by atoms with Gasteiger partial charge in [-0.05, 0) is 38.8 Å². The zero-order valence-corrected chi connectivity index (χ0v) is 13.4. The number of rotatable bonds is 3. The van der Waals surface area contributed by atoms with E-state index in [-0.39, 0.29) is 23.5 Å². The van der Waals surface area contributed by atoms with Gasteiger partial charge in [-0.2, -0.15) is 0 Å². The Morgan fingerprint density at radius 2 is 2.14 bits per heavy atom. The van der Waals surface area contributed by atoms with Crippen LogP contribution in [-0.4, -0.2) is 47.8 Å². The Morgan fingerprint density at radius 1 is 1.41 bits per heavy atom. The van der Waals surface area contributed by atoms with Gasteiger partial charge in [-0.15, -0.1) is 0 Å². The number of hydrogen-bond donors (Lipinski definition) is 1. The van der Waals surface area contributed by atoms with E-state index in [2.05, 4.69) is 0 Å². The van der Waals surface area contributed by atoms with Crippen molar-refractivity contribution in [1.82, 2.24) is 4.90 Å². The van der Waals surface area contributed by atoms with Crippen molar-refractivity contribution >= 4 is 5.91 Å². The predicted octanol–water partition coefficient (Wildman–Crippen LogP) is 2.39. The third-order valence-electron chi connectivity index (χ3n) is 5.36. The first-order chi connectivity index (χ1) is 10.6. The molecule has 1 aliphatic carbocycles. The van der Waals surface area contributed by atoms with E-state index >= 15 is 0 Å². The molecule has 0 aromatic heterocycles. The maximum atomic E-state index is 12.6. The molecule has 1 spiro atoms. The van der Waals surface area contributed by atoms with Crippen LogP contribution in [0.4, 0.5) is 0 Å². The van der Waals surface area contributed by atoms with Gasteiger partial charge in [0.2, 0.25) is 0 Å². The molecule has 3 rings (SSSR count). The van der Waals surface area contributed by atoms with Gasteiger partial charge < -0.3 is 14.7 Å². The fourth-order valence-electron chi connectivity index (χ4n) is 3.90. The zero-order valence-electron chi connectivity index (χ0n) is 13.4. The smallest absolute Gasteiger partial charge is 0.253 e. The number of amides is 1. The summed E-state index contributed by atoms with van der Waals surface area (Å²) in [4.78, 5) is 14.5. The van der Waals surface area contributed by atoms with E-state index in [1.807, 2.05) is 43.0 Å². The number of likely N-dealkylation sites (tertiary alicyclic amines) is 1. The second-order valence-corrected chi connectivity index (χ2v) is 6.59. The van der Waals surface area contributed by atoms with Gasteiger partial charge in [-0.1, -0.05) is 17.7 Å². The molecule has 2 aliphatic rings. The highest BCUT2D eigenvalue weighted by molar-refractivity contribution is 5.94. The maximum absolute atomic E-state index is 12.6. The molecule has 22 heavy (non-hydrogen) atoms. The van der Waals surface area contributed by atoms with E-state index < -0.39 is 0 Å². The summed E-state index contributed by atoms with van der Waals surface area (Å²) in [6, 6.07) is 7.74. The van der Waals surface area contributed by atoms with Gasteiger partial charge in [0.1, 0.15) is 0 Å². The molecular formula is C18H25NO3. The molecule has 1 aromatic rings. The molecule has 1 amide bonds. The number of carbonyl (C=O) groups excluding carboxylic acids is 1. The number of aliphatic hydroxyl groups excluding tert-OH is 1. The normalized spacial score (nSPS) is 26.8. The monoisotopic (exact) mass is 303 g/mol. The average molecular weight is 303 g/mol. The molecule has 1 heterocycles. The van der Waals surface area contributed by atoms with Crippen molar-refractivity contribution in [2.45, 2.75) is 45.3 Å². The summed E-state index contributed by atoms with van der Waals surface area (Å²) >= 11 is 0. The van der Waals surface area contributed by atoms with Crippen LogP contribution in [0.25, 0.3) is 0 Å². The van der Waals surface area contributed by atoms with E-state index in [4.69, 9.17) is 4.74 Å². The van der Waals surface area contributed by atoms with Crippen LogP contribution in [-0.2, 0) is 4.74 Å². The number of nitrogens with zero attached hydrogens (tertiary/aromatic N) is 1. The number of ether oxygens (including phenoxy) is 1. The van der Waals surface area contributed by atoms with Crippen molar-refractivity contribution in [1.29, 1.82) is 0 Å². The lowest BCUT2D eigenvalue weighted by atomic mass is 9.58. The van der Waals surface area contributed by atoms with E-state index in [0.717, 1.165) is 30.4 Å². The van der Waals surface area contributed by atoms with Gasteiger partial charge in [0.25, 0.3) is 5.91 Å². The first-order valence-corrected chi connectivity index (χ1v) is 8.22. The molecular weight excluding hydrogens is 278 g/mol. The number of hydrogen-bond acceptors (Lipinski definition) is 3. The Kier molecular flexibility index (Phi) is 4.24. The lowest BCUT2D eigenvalue weighted by molar-refractivity contribution is -0.207. The van der Waals surface area contributed by atoms with Crippen LogP contribution in [0.5, 0.6) is 0 Å². The van der Waals surface area contributed by atoms with Gasteiger partial charge in [-0.3, -0.25) is 4.79 Å². The Labute approximate surface area is 132 Å². The number of aliphatic hydroxyl groups is 1. The second kappa shape index (κ2) is 6.01. The fraction of sp³-hybridized carbons (Fsp3) is 0.611. The van der Waals surface area contributed by atoms with Gasteiger partial charge in [-0.25, -0.2) is 0 Å². The lowest BCUT2D eigenvalue weighted by Gasteiger charge is -2.56. The van der Waals surface area contributed by atoms with Crippen molar-refractivity contribution in [3.8, 4) is 0 Å². The van der Waals surface area contributed by atoms with Gasteiger partial charge in [0.05, 0.1) is 12.2 Å². The molecule has 0 bridgehead atoms. The van der Waals surface area contributed by atoms with E-state index in [0.29, 0.717) is 19.7 Å². The third-order valence-corrected chi connectivity index (χ3v) is 5.36. The molecule has 0 radical (unpaired) electrons. The molecule has 2 atom stereocenters. The van der Waals surface area contributed by atoms with Crippen molar-refractivity contribution in [3.63, 3.8) is 0 Å². The first-order valence-electron chi connectivity index (χ1n) is 8.22. The molecule has 1 saturated carbocycles. The summed E-state index contributed by atoms with van der Waals surface area (Å²) in [7, 11) is 0. The molecule has 1 aromatic carbocycles. The maximum Gasteiger partial charge on any atom is 0.253 e. The fourth-order valence-corrected chi connectivity index (χ4v) is 3.90. The minimum absolute atomic E-state index is 0.0975. The summed E-state index contributed by atoms with van der Waals surface area (Å²) < 4.78 is 5.77. The van der Waals surface area contributed by atoms with Crippen molar-refractivity contribution in [2.24, 2.45) is 5.41 Å². The van der Waals surface area contributed by atoms with Crippen LogP contribution in [0.15, 0.2) is 24.3 Å². The molecule has 2 fully saturated rings. The zero-order chi connectivity index (χ0) is 15.7. The highest BCUT2D eigenvalue weighted by atomic mass is 16.5. The number of aryl methyl sites for hydroxylation is 1.